The van der Waals surface area contributed by atoms with Crippen molar-refractivity contribution in [1.29, 1.82) is 0 Å². The molecule has 0 N–H and O–H groups in total. The molecule has 1 atom stereocenters. The molecule has 0 aromatic heterocycles. The van der Waals surface area contributed by atoms with E-state index in [0.717, 1.165) is 19.0 Å². The molecule has 104 valence electrons. The highest BCUT2D eigenvalue weighted by molar-refractivity contribution is 5.88. The minimum Gasteiger partial charge on any atom is -0.463 e. The summed E-state index contributed by atoms with van der Waals surface area (Å²) in [5, 5.41) is 0. The molecule has 1 fully saturated rings. The van der Waals surface area contributed by atoms with Gasteiger partial charge < -0.3 is 4.74 Å². The predicted molar refractivity (Wildman–Crippen MR) is 74.5 cm³/mol. The van der Waals surface area contributed by atoms with Gasteiger partial charge in [-0.1, -0.05) is 26.3 Å². The minimum absolute atomic E-state index is 0.244. The number of ether oxygens (including phenoxy) is 1. The van der Waals surface area contributed by atoms with Crippen molar-refractivity contribution in [2.24, 2.45) is 5.92 Å². The van der Waals surface area contributed by atoms with E-state index in [4.69, 9.17) is 4.74 Å². The van der Waals surface area contributed by atoms with Crippen LogP contribution in [0, 0.1) is 5.92 Å². The number of hydrogen-bond acceptors (Lipinski definition) is 3. The normalized spacial score (nSPS) is 21.3. The van der Waals surface area contributed by atoms with Crippen LogP contribution in [0.2, 0.25) is 0 Å². The maximum absolute atomic E-state index is 11.5. The Balaban J connectivity index is 2.34. The molecule has 1 unspecified atom stereocenters. The maximum atomic E-state index is 11.5. The summed E-state index contributed by atoms with van der Waals surface area (Å²) in [5.41, 5.74) is 0.589. The van der Waals surface area contributed by atoms with Crippen LogP contribution in [0.1, 0.15) is 46.0 Å². The van der Waals surface area contributed by atoms with Gasteiger partial charge in [-0.05, 0) is 45.2 Å². The van der Waals surface area contributed by atoms with Crippen molar-refractivity contribution < 1.29 is 9.53 Å². The molecule has 3 heteroatoms. The average Bonchev–Trinajstić information content (AvgIpc) is 2.56. The third-order valence-corrected chi connectivity index (χ3v) is 3.62. The van der Waals surface area contributed by atoms with Gasteiger partial charge in [0.05, 0.1) is 6.61 Å². The highest BCUT2D eigenvalue weighted by Gasteiger charge is 2.18. The highest BCUT2D eigenvalue weighted by Crippen LogP contribution is 2.22. The molecule has 0 aromatic rings. The lowest BCUT2D eigenvalue weighted by Gasteiger charge is -2.20. The zero-order chi connectivity index (χ0) is 13.4. The second kappa shape index (κ2) is 8.30. The second-order valence-corrected chi connectivity index (χ2v) is 5.19. The summed E-state index contributed by atoms with van der Waals surface area (Å²) in [6.45, 7) is 11.2. The number of carbonyl (C=O) groups is 1. The Morgan fingerprint density at radius 1 is 1.33 bits per heavy atom. The van der Waals surface area contributed by atoms with Gasteiger partial charge in [-0.3, -0.25) is 4.90 Å². The number of carbonyl (C=O) groups excluding carboxylic acids is 1. The van der Waals surface area contributed by atoms with Crippen LogP contribution in [0.4, 0.5) is 0 Å². The fourth-order valence-corrected chi connectivity index (χ4v) is 2.65. The zero-order valence-corrected chi connectivity index (χ0v) is 11.9. The van der Waals surface area contributed by atoms with Crippen LogP contribution in [0.15, 0.2) is 12.2 Å². The van der Waals surface area contributed by atoms with Crippen LogP contribution in [-0.2, 0) is 9.53 Å². The first-order chi connectivity index (χ1) is 8.67. The van der Waals surface area contributed by atoms with Crippen molar-refractivity contribution in [3.8, 4) is 0 Å². The molecule has 0 saturated carbocycles. The van der Waals surface area contributed by atoms with E-state index in [9.17, 15) is 4.79 Å². The summed E-state index contributed by atoms with van der Waals surface area (Å²) < 4.78 is 4.97. The summed E-state index contributed by atoms with van der Waals surface area (Å²) >= 11 is 0. The summed E-state index contributed by atoms with van der Waals surface area (Å²) in [5.74, 6) is 0.628. The van der Waals surface area contributed by atoms with Gasteiger partial charge in [0.2, 0.25) is 0 Å². The Kier molecular flexibility index (Phi) is 7.02. The second-order valence-electron chi connectivity index (χ2n) is 5.19. The molecule has 0 radical (unpaired) electrons. The standard InChI is InChI=1S/C15H27NO2/c1-4-7-14-8-6-10-16(11-9-14)12-13(3)15(17)18-5-2/h14H,3-12H2,1-2H3. The molecule has 18 heavy (non-hydrogen) atoms. The van der Waals surface area contributed by atoms with Gasteiger partial charge in [0, 0.05) is 12.1 Å². The molecule has 0 aromatic carbocycles. The minimum atomic E-state index is -0.244. The summed E-state index contributed by atoms with van der Waals surface area (Å²) in [6.07, 6.45) is 6.44. The fraction of sp³-hybridized carbons (Fsp3) is 0.800. The lowest BCUT2D eigenvalue weighted by molar-refractivity contribution is -0.138. The smallest absolute Gasteiger partial charge is 0.334 e. The van der Waals surface area contributed by atoms with Gasteiger partial charge in [0.15, 0.2) is 0 Å². The summed E-state index contributed by atoms with van der Waals surface area (Å²) in [6, 6.07) is 0. The van der Waals surface area contributed by atoms with E-state index in [-0.39, 0.29) is 5.97 Å². The van der Waals surface area contributed by atoms with Crippen molar-refractivity contribution in [2.45, 2.75) is 46.0 Å². The Morgan fingerprint density at radius 3 is 2.78 bits per heavy atom. The largest absolute Gasteiger partial charge is 0.463 e. The first-order valence-electron chi connectivity index (χ1n) is 7.24. The molecular formula is C15H27NO2. The van der Waals surface area contributed by atoms with E-state index in [1.807, 2.05) is 6.92 Å². The molecule has 0 bridgehead atoms. The van der Waals surface area contributed by atoms with Crippen LogP contribution >= 0.6 is 0 Å². The quantitative estimate of drug-likeness (QED) is 0.538. The van der Waals surface area contributed by atoms with Gasteiger partial charge in [0.25, 0.3) is 0 Å². The molecular weight excluding hydrogens is 226 g/mol. The topological polar surface area (TPSA) is 29.5 Å². The molecule has 1 rings (SSSR count). The predicted octanol–water partition coefficient (Wildman–Crippen LogP) is 3.01. The van der Waals surface area contributed by atoms with Crippen molar-refractivity contribution in [3.63, 3.8) is 0 Å². The van der Waals surface area contributed by atoms with E-state index in [2.05, 4.69) is 18.4 Å². The van der Waals surface area contributed by atoms with Gasteiger partial charge in [-0.15, -0.1) is 0 Å². The maximum Gasteiger partial charge on any atom is 0.334 e. The Labute approximate surface area is 111 Å². The molecule has 0 amide bonds. The Morgan fingerprint density at radius 2 is 2.11 bits per heavy atom. The van der Waals surface area contributed by atoms with Crippen molar-refractivity contribution >= 4 is 5.97 Å². The molecule has 1 heterocycles. The van der Waals surface area contributed by atoms with E-state index in [0.29, 0.717) is 18.7 Å². The average molecular weight is 253 g/mol. The number of rotatable bonds is 6. The fourth-order valence-electron chi connectivity index (χ4n) is 2.65. The van der Waals surface area contributed by atoms with E-state index < -0.39 is 0 Å². The lowest BCUT2D eigenvalue weighted by atomic mass is 9.96. The molecule has 1 saturated heterocycles. The number of esters is 1. The van der Waals surface area contributed by atoms with Crippen molar-refractivity contribution in [1.82, 2.24) is 4.90 Å². The molecule has 3 nitrogen and oxygen atoms in total. The van der Waals surface area contributed by atoms with E-state index >= 15 is 0 Å². The molecule has 1 aliphatic rings. The summed E-state index contributed by atoms with van der Waals surface area (Å²) in [4.78, 5) is 13.9. The van der Waals surface area contributed by atoms with Crippen LogP contribution in [0.25, 0.3) is 0 Å². The summed E-state index contributed by atoms with van der Waals surface area (Å²) in [7, 11) is 0. The molecule has 0 aliphatic carbocycles. The van der Waals surface area contributed by atoms with Gasteiger partial charge in [-0.25, -0.2) is 4.79 Å². The number of likely N-dealkylation sites (tertiary alicyclic amines) is 1. The number of hydrogen-bond donors (Lipinski definition) is 0. The van der Waals surface area contributed by atoms with Crippen LogP contribution < -0.4 is 0 Å². The van der Waals surface area contributed by atoms with Gasteiger partial charge in [0.1, 0.15) is 0 Å². The first-order valence-corrected chi connectivity index (χ1v) is 7.24. The van der Waals surface area contributed by atoms with Crippen molar-refractivity contribution in [3.05, 3.63) is 12.2 Å². The Bertz CT molecular complexity index is 276. The van der Waals surface area contributed by atoms with E-state index in [1.165, 1.54) is 32.1 Å². The van der Waals surface area contributed by atoms with Crippen LogP contribution in [0.3, 0.4) is 0 Å². The monoisotopic (exact) mass is 253 g/mol. The van der Waals surface area contributed by atoms with Gasteiger partial charge in [-0.2, -0.15) is 0 Å². The van der Waals surface area contributed by atoms with Gasteiger partial charge >= 0.3 is 5.97 Å². The van der Waals surface area contributed by atoms with Crippen LogP contribution in [-0.4, -0.2) is 37.1 Å². The van der Waals surface area contributed by atoms with E-state index in [1.54, 1.807) is 0 Å². The lowest BCUT2D eigenvalue weighted by Crippen LogP contribution is -2.29. The molecule has 0 spiro atoms. The SMILES string of the molecule is C=C(CN1CCCC(CCC)CC1)C(=O)OCC. The Hall–Kier alpha value is -0.830. The zero-order valence-electron chi connectivity index (χ0n) is 11.9. The van der Waals surface area contributed by atoms with Crippen molar-refractivity contribution in [2.75, 3.05) is 26.2 Å². The first kappa shape index (κ1) is 15.2. The van der Waals surface area contributed by atoms with Crippen LogP contribution in [0.5, 0.6) is 0 Å². The molecule has 1 aliphatic heterocycles. The number of nitrogens with zero attached hydrogens (tertiary/aromatic N) is 1. The highest BCUT2D eigenvalue weighted by atomic mass is 16.5. The third kappa shape index (κ3) is 5.21. The third-order valence-electron chi connectivity index (χ3n) is 3.62.